The van der Waals surface area contributed by atoms with Crippen LogP contribution in [0.15, 0.2) is 23.6 Å². The van der Waals surface area contributed by atoms with E-state index in [1.165, 1.54) is 0 Å². The van der Waals surface area contributed by atoms with Crippen LogP contribution in [0.4, 0.5) is 5.82 Å². The third kappa shape index (κ3) is 1.82. The molecule has 4 nitrogen and oxygen atoms in total. The van der Waals surface area contributed by atoms with Gasteiger partial charge < -0.3 is 5.73 Å². The molecule has 0 aromatic carbocycles. The summed E-state index contributed by atoms with van der Waals surface area (Å²) in [6.07, 6.45) is 0. The highest BCUT2D eigenvalue weighted by Crippen LogP contribution is 2.26. The number of thiophene rings is 1. The number of aromatic nitrogens is 3. The van der Waals surface area contributed by atoms with E-state index in [0.717, 1.165) is 27.2 Å². The molecule has 0 unspecified atom stereocenters. The molecule has 0 spiro atoms. The molecule has 3 rings (SSSR count). The predicted octanol–water partition coefficient (Wildman–Crippen LogP) is 2.95. The molecule has 3 aromatic heterocycles. The Morgan fingerprint density at radius 3 is 2.72 bits per heavy atom. The summed E-state index contributed by atoms with van der Waals surface area (Å²) >= 11 is 1.56. The van der Waals surface area contributed by atoms with Crippen LogP contribution >= 0.6 is 11.3 Å². The normalized spacial score (nSPS) is 11.0. The number of pyridine rings is 1. The largest absolute Gasteiger partial charge is 0.383 e. The number of hydrogen-bond donors (Lipinski definition) is 1. The lowest BCUT2D eigenvalue weighted by molar-refractivity contribution is 1.13. The molecule has 2 N–H and O–H groups in total. The Kier molecular flexibility index (Phi) is 2.48. The van der Waals surface area contributed by atoms with Crippen LogP contribution in [0.2, 0.25) is 0 Å². The lowest BCUT2D eigenvalue weighted by atomic mass is 10.2. The van der Waals surface area contributed by atoms with E-state index in [4.69, 9.17) is 5.73 Å². The smallest absolute Gasteiger partial charge is 0.181 e. The molecule has 0 aliphatic carbocycles. The van der Waals surface area contributed by atoms with Crippen molar-refractivity contribution in [3.8, 4) is 11.5 Å². The summed E-state index contributed by atoms with van der Waals surface area (Å²) in [5.74, 6) is 1.10. The van der Waals surface area contributed by atoms with Crippen LogP contribution < -0.4 is 5.73 Å². The zero-order valence-electron chi connectivity index (χ0n) is 10.1. The second kappa shape index (κ2) is 4.03. The Balaban J connectivity index is 2.24. The second-order valence-electron chi connectivity index (χ2n) is 4.24. The van der Waals surface area contributed by atoms with E-state index in [9.17, 15) is 0 Å². The fourth-order valence-electron chi connectivity index (χ4n) is 1.95. The van der Waals surface area contributed by atoms with E-state index < -0.39 is 0 Å². The van der Waals surface area contributed by atoms with E-state index >= 15 is 0 Å². The zero-order valence-corrected chi connectivity index (χ0v) is 11.0. The van der Waals surface area contributed by atoms with Gasteiger partial charge in [-0.3, -0.25) is 0 Å². The van der Waals surface area contributed by atoms with Crippen LogP contribution in [0.3, 0.4) is 0 Å². The quantitative estimate of drug-likeness (QED) is 0.727. The minimum atomic E-state index is 0.511. The van der Waals surface area contributed by atoms with Crippen molar-refractivity contribution < 1.29 is 0 Å². The number of aryl methyl sites for hydroxylation is 2. The molecule has 0 radical (unpaired) electrons. The van der Waals surface area contributed by atoms with Gasteiger partial charge in [0.2, 0.25) is 0 Å². The van der Waals surface area contributed by atoms with Crippen molar-refractivity contribution in [2.45, 2.75) is 13.8 Å². The third-order valence-corrected chi connectivity index (χ3v) is 3.49. The number of anilines is 1. The first-order valence-corrected chi connectivity index (χ1v) is 6.48. The Morgan fingerprint density at radius 1 is 1.11 bits per heavy atom. The average Bonchev–Trinajstić information content (AvgIpc) is 2.76. The molecule has 0 aliphatic rings. The van der Waals surface area contributed by atoms with Crippen LogP contribution in [-0.4, -0.2) is 15.0 Å². The van der Waals surface area contributed by atoms with E-state index in [-0.39, 0.29) is 0 Å². The van der Waals surface area contributed by atoms with Crippen molar-refractivity contribution in [2.75, 3.05) is 5.73 Å². The van der Waals surface area contributed by atoms with Gasteiger partial charge in [0, 0.05) is 5.69 Å². The molecule has 0 saturated heterocycles. The highest BCUT2D eigenvalue weighted by Gasteiger charge is 2.09. The first-order valence-electron chi connectivity index (χ1n) is 5.60. The number of hydrogen-bond acceptors (Lipinski definition) is 5. The highest BCUT2D eigenvalue weighted by molar-refractivity contribution is 7.16. The lowest BCUT2D eigenvalue weighted by Crippen LogP contribution is -1.98. The maximum Gasteiger partial charge on any atom is 0.181 e. The summed E-state index contributed by atoms with van der Waals surface area (Å²) in [7, 11) is 0. The van der Waals surface area contributed by atoms with Gasteiger partial charge in [0.1, 0.15) is 16.3 Å². The van der Waals surface area contributed by atoms with Crippen molar-refractivity contribution in [2.24, 2.45) is 0 Å². The van der Waals surface area contributed by atoms with Gasteiger partial charge >= 0.3 is 0 Å². The van der Waals surface area contributed by atoms with Crippen LogP contribution in [0.5, 0.6) is 0 Å². The molecule has 0 atom stereocenters. The van der Waals surface area contributed by atoms with Crippen LogP contribution in [0.1, 0.15) is 11.3 Å². The molecule has 0 amide bonds. The van der Waals surface area contributed by atoms with E-state index in [2.05, 4.69) is 15.0 Å². The summed E-state index contributed by atoms with van der Waals surface area (Å²) in [4.78, 5) is 14.2. The molecular weight excluding hydrogens is 244 g/mol. The van der Waals surface area contributed by atoms with Crippen LogP contribution in [0, 0.1) is 13.8 Å². The van der Waals surface area contributed by atoms with Crippen LogP contribution in [0.25, 0.3) is 21.7 Å². The number of rotatable bonds is 1. The molecule has 90 valence electrons. The summed E-state index contributed by atoms with van der Waals surface area (Å²) < 4.78 is 0. The van der Waals surface area contributed by atoms with E-state index in [1.807, 2.05) is 37.4 Å². The fourth-order valence-corrected chi connectivity index (χ4v) is 2.72. The molecular formula is C13H12N4S. The number of fused-ring (bicyclic) bond motifs is 1. The Morgan fingerprint density at radius 2 is 1.94 bits per heavy atom. The van der Waals surface area contributed by atoms with Crippen molar-refractivity contribution in [3.63, 3.8) is 0 Å². The highest BCUT2D eigenvalue weighted by atomic mass is 32.1. The van der Waals surface area contributed by atoms with Gasteiger partial charge in [-0.05, 0) is 43.0 Å². The molecule has 18 heavy (non-hydrogen) atoms. The maximum absolute atomic E-state index is 5.94. The Bertz CT molecular complexity index is 713. The monoisotopic (exact) mass is 256 g/mol. The average molecular weight is 256 g/mol. The van der Waals surface area contributed by atoms with Gasteiger partial charge in [-0.25, -0.2) is 15.0 Å². The SMILES string of the molecule is Cc1cc(C)nc(-c2nc(N)c3ccsc3n2)c1. The minimum Gasteiger partial charge on any atom is -0.383 e. The third-order valence-electron chi connectivity index (χ3n) is 2.68. The van der Waals surface area contributed by atoms with Crippen molar-refractivity contribution in [3.05, 3.63) is 34.8 Å². The van der Waals surface area contributed by atoms with Gasteiger partial charge in [0.15, 0.2) is 5.82 Å². The Hall–Kier alpha value is -2.01. The van der Waals surface area contributed by atoms with Gasteiger partial charge in [-0.2, -0.15) is 0 Å². The molecule has 0 saturated carbocycles. The number of nitrogens with two attached hydrogens (primary N) is 1. The molecule has 0 fully saturated rings. The van der Waals surface area contributed by atoms with Crippen molar-refractivity contribution >= 4 is 27.4 Å². The van der Waals surface area contributed by atoms with Crippen LogP contribution in [-0.2, 0) is 0 Å². The summed E-state index contributed by atoms with van der Waals surface area (Å²) in [5, 5.41) is 2.88. The van der Waals surface area contributed by atoms with Gasteiger partial charge in [-0.15, -0.1) is 11.3 Å². The first kappa shape index (κ1) is 11.1. The maximum atomic E-state index is 5.94. The molecule has 0 aliphatic heterocycles. The Labute approximate surface area is 109 Å². The molecule has 5 heteroatoms. The number of nitrogens with zero attached hydrogens (tertiary/aromatic N) is 3. The van der Waals surface area contributed by atoms with E-state index in [0.29, 0.717) is 11.6 Å². The lowest BCUT2D eigenvalue weighted by Gasteiger charge is -2.04. The predicted molar refractivity (Wildman–Crippen MR) is 74.5 cm³/mol. The fraction of sp³-hybridized carbons (Fsp3) is 0.154. The first-order chi connectivity index (χ1) is 8.63. The summed E-state index contributed by atoms with van der Waals surface area (Å²) in [5.41, 5.74) is 8.82. The summed E-state index contributed by atoms with van der Waals surface area (Å²) in [6, 6.07) is 5.94. The minimum absolute atomic E-state index is 0.511. The molecule has 0 bridgehead atoms. The topological polar surface area (TPSA) is 64.7 Å². The molecule has 3 heterocycles. The van der Waals surface area contributed by atoms with E-state index in [1.54, 1.807) is 11.3 Å². The van der Waals surface area contributed by atoms with Gasteiger partial charge in [0.05, 0.1) is 5.39 Å². The van der Waals surface area contributed by atoms with Crippen molar-refractivity contribution in [1.82, 2.24) is 15.0 Å². The summed E-state index contributed by atoms with van der Waals surface area (Å²) in [6.45, 7) is 3.99. The van der Waals surface area contributed by atoms with Gasteiger partial charge in [0.25, 0.3) is 0 Å². The standard InChI is InChI=1S/C13H12N4S/c1-7-5-8(2)15-10(6-7)12-16-11(14)9-3-4-18-13(9)17-12/h3-6H,1-2H3,(H2,14,16,17). The second-order valence-corrected chi connectivity index (χ2v) is 5.14. The number of nitrogen functional groups attached to an aromatic ring is 1. The molecule has 3 aromatic rings. The van der Waals surface area contributed by atoms with Gasteiger partial charge in [-0.1, -0.05) is 0 Å². The van der Waals surface area contributed by atoms with Crippen molar-refractivity contribution in [1.29, 1.82) is 0 Å². The zero-order chi connectivity index (χ0) is 12.7.